The molecular weight excluding hydrogens is 468 g/mol. The van der Waals surface area contributed by atoms with E-state index in [9.17, 15) is 9.59 Å². The molecule has 0 aliphatic carbocycles. The lowest BCUT2D eigenvalue weighted by Crippen LogP contribution is -2.64. The maximum absolute atomic E-state index is 14.0. The van der Waals surface area contributed by atoms with Gasteiger partial charge >= 0.3 is 0 Å². The van der Waals surface area contributed by atoms with E-state index in [1.807, 2.05) is 60.7 Å². The van der Waals surface area contributed by atoms with Gasteiger partial charge in [0.05, 0.1) is 12.2 Å². The third kappa shape index (κ3) is 4.10. The molecule has 0 saturated carbocycles. The number of nitrogens with zero attached hydrogens (tertiary/aromatic N) is 3. The van der Waals surface area contributed by atoms with Crippen molar-refractivity contribution in [1.29, 1.82) is 0 Å². The van der Waals surface area contributed by atoms with E-state index in [2.05, 4.69) is 5.32 Å². The lowest BCUT2D eigenvalue weighted by Gasteiger charge is -2.43. The van der Waals surface area contributed by atoms with E-state index in [0.717, 1.165) is 11.1 Å². The van der Waals surface area contributed by atoms with Crippen molar-refractivity contribution in [3.8, 4) is 22.8 Å². The second-order valence-corrected chi connectivity index (χ2v) is 9.35. The summed E-state index contributed by atoms with van der Waals surface area (Å²) in [5.74, 6) is 0.579. The van der Waals surface area contributed by atoms with Crippen molar-refractivity contribution < 1.29 is 19.1 Å². The minimum Gasteiger partial charge on any atom is -0.486 e. The zero-order valence-corrected chi connectivity index (χ0v) is 20.4. The molecule has 0 bridgehead atoms. The average molecular weight is 495 g/mol. The van der Waals surface area contributed by atoms with E-state index in [1.165, 1.54) is 0 Å². The van der Waals surface area contributed by atoms with Crippen molar-refractivity contribution in [3.63, 3.8) is 0 Å². The highest BCUT2D eigenvalue weighted by Crippen LogP contribution is 2.39. The van der Waals surface area contributed by atoms with Crippen LogP contribution >= 0.6 is 0 Å². The van der Waals surface area contributed by atoms with Crippen LogP contribution in [0, 0.1) is 0 Å². The molecule has 8 heteroatoms. The number of anilines is 1. The van der Waals surface area contributed by atoms with Crippen LogP contribution in [0.3, 0.4) is 0 Å². The molecule has 186 valence electrons. The Morgan fingerprint density at radius 3 is 2.41 bits per heavy atom. The van der Waals surface area contributed by atoms with E-state index in [0.29, 0.717) is 48.3 Å². The first-order chi connectivity index (χ1) is 18.0. The van der Waals surface area contributed by atoms with Gasteiger partial charge in [-0.25, -0.2) is 0 Å². The third-order valence-corrected chi connectivity index (χ3v) is 6.79. The van der Waals surface area contributed by atoms with Crippen LogP contribution in [0.15, 0.2) is 84.9 Å². The first-order valence-corrected chi connectivity index (χ1v) is 12.2. The first-order valence-electron chi connectivity index (χ1n) is 12.2. The molecule has 1 atom stereocenters. The SMILES string of the molecule is CC1(C(=O)NCc2ccccc2)Cn2nc(-c3ccccc3)cc2C(=O)N1c1ccc2c(c1)OCCO2. The number of ether oxygens (including phenoxy) is 2. The number of benzene rings is 3. The Bertz CT molecular complexity index is 1470. The van der Waals surface area contributed by atoms with Crippen LogP contribution in [0.4, 0.5) is 5.69 Å². The van der Waals surface area contributed by atoms with Crippen LogP contribution in [-0.4, -0.2) is 40.3 Å². The van der Waals surface area contributed by atoms with Crippen LogP contribution in [0.25, 0.3) is 11.3 Å². The predicted molar refractivity (Wildman–Crippen MR) is 139 cm³/mol. The number of hydrogen-bond donors (Lipinski definition) is 1. The Labute approximate surface area is 214 Å². The van der Waals surface area contributed by atoms with Crippen LogP contribution in [0.5, 0.6) is 11.5 Å². The van der Waals surface area contributed by atoms with Gasteiger partial charge in [-0.2, -0.15) is 5.10 Å². The zero-order valence-electron chi connectivity index (χ0n) is 20.4. The van der Waals surface area contributed by atoms with Crippen LogP contribution in [-0.2, 0) is 17.9 Å². The maximum Gasteiger partial charge on any atom is 0.277 e. The van der Waals surface area contributed by atoms with Gasteiger partial charge in [0.25, 0.3) is 5.91 Å². The van der Waals surface area contributed by atoms with Crippen LogP contribution in [0.1, 0.15) is 23.0 Å². The molecule has 2 amide bonds. The summed E-state index contributed by atoms with van der Waals surface area (Å²) < 4.78 is 13.1. The second-order valence-electron chi connectivity index (χ2n) is 9.35. The maximum atomic E-state index is 14.0. The molecule has 3 aromatic carbocycles. The standard InChI is InChI=1S/C29H26N4O4/c1-29(28(35)30-18-20-8-4-2-5-9-20)19-32-24(17-23(31-32)21-10-6-3-7-11-21)27(34)33(29)22-12-13-25-26(16-22)37-15-14-36-25/h2-13,16-17H,14-15,18-19H2,1H3,(H,30,35). The molecule has 3 heterocycles. The molecule has 0 radical (unpaired) electrons. The smallest absolute Gasteiger partial charge is 0.277 e. The Morgan fingerprint density at radius 1 is 0.946 bits per heavy atom. The highest BCUT2D eigenvalue weighted by molar-refractivity contribution is 6.12. The number of aromatic nitrogens is 2. The molecule has 1 unspecified atom stereocenters. The summed E-state index contributed by atoms with van der Waals surface area (Å²) in [6.07, 6.45) is 0. The number of amides is 2. The summed E-state index contributed by atoms with van der Waals surface area (Å²) in [4.78, 5) is 29.4. The molecule has 0 saturated heterocycles. The van der Waals surface area contributed by atoms with E-state index >= 15 is 0 Å². The average Bonchev–Trinajstić information content (AvgIpc) is 3.37. The predicted octanol–water partition coefficient (Wildman–Crippen LogP) is 4.06. The number of rotatable bonds is 5. The normalized spacial score (nSPS) is 18.3. The quantitative estimate of drug-likeness (QED) is 0.452. The summed E-state index contributed by atoms with van der Waals surface area (Å²) in [5.41, 5.74) is 2.28. The fraction of sp³-hybridized carbons (Fsp3) is 0.207. The molecular formula is C29H26N4O4. The third-order valence-electron chi connectivity index (χ3n) is 6.79. The van der Waals surface area contributed by atoms with Crippen LogP contribution < -0.4 is 19.7 Å². The van der Waals surface area contributed by atoms with Crippen molar-refractivity contribution in [2.45, 2.75) is 25.6 Å². The topological polar surface area (TPSA) is 85.7 Å². The summed E-state index contributed by atoms with van der Waals surface area (Å²) in [6, 6.07) is 26.5. The van der Waals surface area contributed by atoms with E-state index in [1.54, 1.807) is 40.8 Å². The van der Waals surface area contributed by atoms with Gasteiger partial charge in [0.1, 0.15) is 24.4 Å². The number of carbonyl (C=O) groups is 2. The number of hydrogen-bond acceptors (Lipinski definition) is 5. The van der Waals surface area contributed by atoms with Gasteiger partial charge in [-0.1, -0.05) is 60.7 Å². The largest absolute Gasteiger partial charge is 0.486 e. The highest BCUT2D eigenvalue weighted by atomic mass is 16.6. The van der Waals surface area contributed by atoms with Gasteiger partial charge in [-0.05, 0) is 30.7 Å². The lowest BCUT2D eigenvalue weighted by atomic mass is 9.93. The molecule has 0 spiro atoms. The van der Waals surface area contributed by atoms with Gasteiger partial charge in [-0.15, -0.1) is 0 Å². The van der Waals surface area contributed by atoms with Crippen molar-refractivity contribution in [3.05, 3.63) is 96.2 Å². The zero-order chi connectivity index (χ0) is 25.4. The number of nitrogens with one attached hydrogen (secondary N) is 1. The van der Waals surface area contributed by atoms with Gasteiger partial charge in [0.2, 0.25) is 5.91 Å². The Kier molecular flexibility index (Phi) is 5.64. The molecule has 0 fully saturated rings. The minimum absolute atomic E-state index is 0.190. The van der Waals surface area contributed by atoms with Gasteiger partial charge < -0.3 is 14.8 Å². The Balaban J connectivity index is 1.41. The molecule has 2 aliphatic rings. The first kappa shape index (κ1) is 22.8. The van der Waals surface area contributed by atoms with E-state index in [4.69, 9.17) is 14.6 Å². The second kappa shape index (κ2) is 9.13. The highest BCUT2D eigenvalue weighted by Gasteiger charge is 2.49. The summed E-state index contributed by atoms with van der Waals surface area (Å²) >= 11 is 0. The molecule has 8 nitrogen and oxygen atoms in total. The number of fused-ring (bicyclic) bond motifs is 2. The summed E-state index contributed by atoms with van der Waals surface area (Å²) in [5, 5.41) is 7.74. The Morgan fingerprint density at radius 2 is 1.65 bits per heavy atom. The fourth-order valence-corrected chi connectivity index (χ4v) is 4.88. The molecule has 2 aliphatic heterocycles. The van der Waals surface area contributed by atoms with Crippen molar-refractivity contribution in [2.75, 3.05) is 18.1 Å². The molecule has 37 heavy (non-hydrogen) atoms. The van der Waals surface area contributed by atoms with Gasteiger partial charge in [-0.3, -0.25) is 19.2 Å². The van der Waals surface area contributed by atoms with Crippen molar-refractivity contribution in [2.24, 2.45) is 0 Å². The Hall–Kier alpha value is -4.59. The van der Waals surface area contributed by atoms with Gasteiger partial charge in [0, 0.05) is 23.9 Å². The fourth-order valence-electron chi connectivity index (χ4n) is 4.88. The minimum atomic E-state index is -1.25. The molecule has 1 aromatic heterocycles. The monoisotopic (exact) mass is 494 g/mol. The summed E-state index contributed by atoms with van der Waals surface area (Å²) in [7, 11) is 0. The van der Waals surface area contributed by atoms with Crippen LogP contribution in [0.2, 0.25) is 0 Å². The van der Waals surface area contributed by atoms with E-state index < -0.39 is 5.54 Å². The molecule has 6 rings (SSSR count). The van der Waals surface area contributed by atoms with Gasteiger partial charge in [0.15, 0.2) is 11.5 Å². The number of carbonyl (C=O) groups excluding carboxylic acids is 2. The molecule has 1 N–H and O–H groups in total. The molecule has 4 aromatic rings. The lowest BCUT2D eigenvalue weighted by molar-refractivity contribution is -0.126. The van der Waals surface area contributed by atoms with Crippen molar-refractivity contribution in [1.82, 2.24) is 15.1 Å². The van der Waals surface area contributed by atoms with E-state index in [-0.39, 0.29) is 18.4 Å². The summed E-state index contributed by atoms with van der Waals surface area (Å²) in [6.45, 7) is 3.20. The van der Waals surface area contributed by atoms with Crippen molar-refractivity contribution >= 4 is 17.5 Å².